The van der Waals surface area contributed by atoms with Crippen LogP contribution in [0.2, 0.25) is 0 Å². The number of aromatic nitrogens is 2. The molecule has 0 fully saturated rings. The van der Waals surface area contributed by atoms with E-state index in [1.807, 2.05) is 68.6 Å². The average molecular weight is 424 g/mol. The number of carbonyl (C=O) groups excluding carboxylic acids is 1. The van der Waals surface area contributed by atoms with Gasteiger partial charge in [-0.2, -0.15) is 5.10 Å². The van der Waals surface area contributed by atoms with Crippen LogP contribution in [-0.4, -0.2) is 49.2 Å². The van der Waals surface area contributed by atoms with Crippen LogP contribution < -0.4 is 14.8 Å². The lowest BCUT2D eigenvalue weighted by Gasteiger charge is -2.10. The van der Waals surface area contributed by atoms with Gasteiger partial charge < -0.3 is 19.5 Å². The highest BCUT2D eigenvalue weighted by Gasteiger charge is 2.20. The molecule has 2 aromatic carbocycles. The molecule has 3 aromatic rings. The molecular formula is C24H29N3O4. The standard InChI is InChI=1S/C24H29N3O4/c1-17(2)31-14-8-13-25-24(28)23-20(16-27(26-23)19-9-6-5-7-10-19)18-11-12-21(29-3)22(15-18)30-4/h5-7,9-12,15-17H,8,13-14H2,1-4H3,(H,25,28). The van der Waals surface area contributed by atoms with Crippen LogP contribution in [0.5, 0.6) is 11.5 Å². The van der Waals surface area contributed by atoms with Crippen molar-refractivity contribution in [2.75, 3.05) is 27.4 Å². The molecule has 164 valence electrons. The van der Waals surface area contributed by atoms with Crippen molar-refractivity contribution >= 4 is 5.91 Å². The molecule has 7 nitrogen and oxygen atoms in total. The molecule has 0 radical (unpaired) electrons. The van der Waals surface area contributed by atoms with E-state index in [4.69, 9.17) is 14.2 Å². The molecule has 1 aromatic heterocycles. The first-order chi connectivity index (χ1) is 15.0. The fourth-order valence-corrected chi connectivity index (χ4v) is 3.15. The number of ether oxygens (including phenoxy) is 3. The molecule has 0 saturated heterocycles. The molecule has 1 amide bonds. The van der Waals surface area contributed by atoms with E-state index in [9.17, 15) is 4.79 Å². The maximum Gasteiger partial charge on any atom is 0.272 e. The van der Waals surface area contributed by atoms with Crippen molar-refractivity contribution in [3.63, 3.8) is 0 Å². The van der Waals surface area contributed by atoms with Crippen LogP contribution in [-0.2, 0) is 4.74 Å². The van der Waals surface area contributed by atoms with Gasteiger partial charge in [-0.05, 0) is 50.1 Å². The number of para-hydroxylation sites is 1. The Balaban J connectivity index is 1.90. The van der Waals surface area contributed by atoms with Crippen LogP contribution >= 0.6 is 0 Å². The number of benzene rings is 2. The molecule has 31 heavy (non-hydrogen) atoms. The molecule has 0 spiro atoms. The molecule has 0 aliphatic rings. The molecule has 0 aliphatic heterocycles. The SMILES string of the molecule is COc1ccc(-c2cn(-c3ccccc3)nc2C(=O)NCCCOC(C)C)cc1OC. The highest BCUT2D eigenvalue weighted by molar-refractivity contribution is 5.99. The first-order valence-corrected chi connectivity index (χ1v) is 10.3. The van der Waals surface area contributed by atoms with E-state index >= 15 is 0 Å². The number of nitrogens with zero attached hydrogens (tertiary/aromatic N) is 2. The third-order valence-electron chi connectivity index (χ3n) is 4.70. The zero-order valence-corrected chi connectivity index (χ0v) is 18.4. The maximum absolute atomic E-state index is 13.0. The fourth-order valence-electron chi connectivity index (χ4n) is 3.15. The van der Waals surface area contributed by atoms with Gasteiger partial charge in [0.15, 0.2) is 17.2 Å². The molecule has 3 rings (SSSR count). The Morgan fingerprint density at radius 1 is 1.06 bits per heavy atom. The summed E-state index contributed by atoms with van der Waals surface area (Å²) in [6, 6.07) is 15.2. The summed E-state index contributed by atoms with van der Waals surface area (Å²) in [6.45, 7) is 5.09. The van der Waals surface area contributed by atoms with Gasteiger partial charge in [0, 0.05) is 24.9 Å². The predicted octanol–water partition coefficient (Wildman–Crippen LogP) is 4.10. The highest BCUT2D eigenvalue weighted by atomic mass is 16.5. The van der Waals surface area contributed by atoms with Crippen molar-refractivity contribution in [1.82, 2.24) is 15.1 Å². The van der Waals surface area contributed by atoms with Crippen LogP contribution in [0.15, 0.2) is 54.7 Å². The van der Waals surface area contributed by atoms with Gasteiger partial charge in [0.05, 0.1) is 26.0 Å². The number of rotatable bonds is 10. The Kier molecular flexibility index (Phi) is 7.67. The first kappa shape index (κ1) is 22.4. The Hall–Kier alpha value is -3.32. The lowest BCUT2D eigenvalue weighted by molar-refractivity contribution is 0.0756. The van der Waals surface area contributed by atoms with E-state index in [1.165, 1.54) is 0 Å². The molecule has 0 aliphatic carbocycles. The van der Waals surface area contributed by atoms with E-state index in [1.54, 1.807) is 18.9 Å². The summed E-state index contributed by atoms with van der Waals surface area (Å²) in [6.07, 6.45) is 2.76. The van der Waals surface area contributed by atoms with E-state index in [0.717, 1.165) is 17.7 Å². The number of methoxy groups -OCH3 is 2. The summed E-state index contributed by atoms with van der Waals surface area (Å²) >= 11 is 0. The summed E-state index contributed by atoms with van der Waals surface area (Å²) in [4.78, 5) is 13.0. The predicted molar refractivity (Wildman–Crippen MR) is 120 cm³/mol. The number of hydrogen-bond donors (Lipinski definition) is 1. The van der Waals surface area contributed by atoms with Gasteiger partial charge in [-0.3, -0.25) is 4.79 Å². The van der Waals surface area contributed by atoms with Crippen molar-refractivity contribution in [2.24, 2.45) is 0 Å². The van der Waals surface area contributed by atoms with Crippen molar-refractivity contribution in [2.45, 2.75) is 26.4 Å². The Morgan fingerprint density at radius 2 is 1.81 bits per heavy atom. The maximum atomic E-state index is 13.0. The monoisotopic (exact) mass is 423 g/mol. The van der Waals surface area contributed by atoms with Crippen molar-refractivity contribution in [1.29, 1.82) is 0 Å². The minimum absolute atomic E-state index is 0.175. The second-order valence-corrected chi connectivity index (χ2v) is 7.27. The Labute approximate surface area is 182 Å². The quantitative estimate of drug-likeness (QED) is 0.497. The summed E-state index contributed by atoms with van der Waals surface area (Å²) in [5.41, 5.74) is 2.74. The van der Waals surface area contributed by atoms with Crippen LogP contribution in [0.4, 0.5) is 0 Å². The largest absolute Gasteiger partial charge is 0.493 e. The number of carbonyl (C=O) groups is 1. The van der Waals surface area contributed by atoms with Crippen molar-refractivity contribution in [3.05, 3.63) is 60.4 Å². The summed E-state index contributed by atoms with van der Waals surface area (Å²) in [5, 5.41) is 7.53. The second-order valence-electron chi connectivity index (χ2n) is 7.27. The van der Waals surface area contributed by atoms with E-state index in [-0.39, 0.29) is 12.0 Å². The van der Waals surface area contributed by atoms with Crippen molar-refractivity contribution < 1.29 is 19.0 Å². The first-order valence-electron chi connectivity index (χ1n) is 10.3. The van der Waals surface area contributed by atoms with Crippen LogP contribution in [0.25, 0.3) is 16.8 Å². The van der Waals surface area contributed by atoms with Gasteiger partial charge in [-0.15, -0.1) is 0 Å². The summed E-state index contributed by atoms with van der Waals surface area (Å²) in [5.74, 6) is 0.978. The molecule has 0 unspecified atom stereocenters. The lowest BCUT2D eigenvalue weighted by Crippen LogP contribution is -2.26. The molecular weight excluding hydrogens is 394 g/mol. The number of nitrogens with one attached hydrogen (secondary N) is 1. The molecule has 0 atom stereocenters. The normalized spacial score (nSPS) is 10.9. The molecule has 0 bridgehead atoms. The average Bonchev–Trinajstić information content (AvgIpc) is 3.24. The van der Waals surface area contributed by atoms with E-state index in [0.29, 0.717) is 35.9 Å². The highest BCUT2D eigenvalue weighted by Crippen LogP contribution is 2.34. The van der Waals surface area contributed by atoms with Gasteiger partial charge in [0.25, 0.3) is 5.91 Å². The number of amides is 1. The Bertz CT molecular complexity index is 999. The van der Waals surface area contributed by atoms with E-state index < -0.39 is 0 Å². The van der Waals surface area contributed by atoms with Crippen LogP contribution in [0.1, 0.15) is 30.8 Å². The zero-order valence-electron chi connectivity index (χ0n) is 18.4. The van der Waals surface area contributed by atoms with Gasteiger partial charge in [0.2, 0.25) is 0 Å². The fraction of sp³-hybridized carbons (Fsp3) is 0.333. The van der Waals surface area contributed by atoms with Crippen molar-refractivity contribution in [3.8, 4) is 28.3 Å². The van der Waals surface area contributed by atoms with Gasteiger partial charge >= 0.3 is 0 Å². The lowest BCUT2D eigenvalue weighted by atomic mass is 10.1. The molecule has 1 N–H and O–H groups in total. The minimum atomic E-state index is -0.232. The smallest absolute Gasteiger partial charge is 0.272 e. The van der Waals surface area contributed by atoms with Gasteiger partial charge in [-0.25, -0.2) is 4.68 Å². The Morgan fingerprint density at radius 3 is 2.48 bits per heavy atom. The zero-order chi connectivity index (χ0) is 22.2. The van der Waals surface area contributed by atoms with Gasteiger partial charge in [-0.1, -0.05) is 24.3 Å². The topological polar surface area (TPSA) is 74.6 Å². The molecule has 0 saturated carbocycles. The molecule has 7 heteroatoms. The summed E-state index contributed by atoms with van der Waals surface area (Å²) in [7, 11) is 3.18. The second kappa shape index (κ2) is 10.6. The minimum Gasteiger partial charge on any atom is -0.493 e. The third-order valence-corrected chi connectivity index (χ3v) is 4.70. The number of hydrogen-bond acceptors (Lipinski definition) is 5. The summed E-state index contributed by atoms with van der Waals surface area (Å²) < 4.78 is 18.0. The van der Waals surface area contributed by atoms with Gasteiger partial charge in [0.1, 0.15) is 0 Å². The molecule has 1 heterocycles. The van der Waals surface area contributed by atoms with Crippen LogP contribution in [0, 0.1) is 0 Å². The third kappa shape index (κ3) is 5.64. The van der Waals surface area contributed by atoms with E-state index in [2.05, 4.69) is 10.4 Å². The van der Waals surface area contributed by atoms with Crippen LogP contribution in [0.3, 0.4) is 0 Å².